The lowest BCUT2D eigenvalue weighted by atomic mass is 10.1. The smallest absolute Gasteiger partial charge is 0.220 e. The summed E-state index contributed by atoms with van der Waals surface area (Å²) in [6.45, 7) is 4.53. The number of benzene rings is 2. The standard InChI is InChI=1S/C21H26ClNO2/c1-16-15-19(22)12-13-20(16)25-14-6-9-21(24)23-17(2)10-11-18-7-4-3-5-8-18/h3-5,7-8,12-13,15,17H,6,9-11,14H2,1-2H3,(H,23,24)/t17-/m1/s1. The minimum Gasteiger partial charge on any atom is -0.493 e. The second-order valence-corrected chi connectivity index (χ2v) is 6.79. The molecule has 0 aliphatic rings. The lowest BCUT2D eigenvalue weighted by Crippen LogP contribution is -2.32. The van der Waals surface area contributed by atoms with Crippen LogP contribution in [-0.4, -0.2) is 18.6 Å². The normalized spacial score (nSPS) is 11.8. The zero-order chi connectivity index (χ0) is 18.1. The average molecular weight is 360 g/mol. The van der Waals surface area contributed by atoms with Gasteiger partial charge in [0.15, 0.2) is 0 Å². The molecule has 0 spiro atoms. The van der Waals surface area contributed by atoms with E-state index in [1.165, 1.54) is 5.56 Å². The van der Waals surface area contributed by atoms with Gasteiger partial charge in [-0.15, -0.1) is 0 Å². The molecule has 4 heteroatoms. The van der Waals surface area contributed by atoms with Crippen LogP contribution in [0.25, 0.3) is 0 Å². The number of hydrogen-bond acceptors (Lipinski definition) is 2. The van der Waals surface area contributed by atoms with E-state index in [0.29, 0.717) is 24.5 Å². The number of amides is 1. The van der Waals surface area contributed by atoms with Crippen molar-refractivity contribution in [2.75, 3.05) is 6.61 Å². The molecule has 0 aliphatic heterocycles. The first-order valence-corrected chi connectivity index (χ1v) is 9.14. The molecule has 1 amide bonds. The van der Waals surface area contributed by atoms with Crippen LogP contribution < -0.4 is 10.1 Å². The topological polar surface area (TPSA) is 38.3 Å². The molecule has 0 fully saturated rings. The largest absolute Gasteiger partial charge is 0.493 e. The summed E-state index contributed by atoms with van der Waals surface area (Å²) in [5.41, 5.74) is 2.31. The van der Waals surface area contributed by atoms with Crippen LogP contribution in [0.3, 0.4) is 0 Å². The molecule has 0 saturated heterocycles. The molecule has 0 bridgehead atoms. The molecule has 3 nitrogen and oxygen atoms in total. The van der Waals surface area contributed by atoms with Crippen LogP contribution in [-0.2, 0) is 11.2 Å². The van der Waals surface area contributed by atoms with Crippen molar-refractivity contribution in [1.29, 1.82) is 0 Å². The summed E-state index contributed by atoms with van der Waals surface area (Å²) in [6, 6.07) is 16.1. The van der Waals surface area contributed by atoms with Gasteiger partial charge in [0.2, 0.25) is 5.91 Å². The summed E-state index contributed by atoms with van der Waals surface area (Å²) >= 11 is 5.92. The predicted molar refractivity (Wildman–Crippen MR) is 103 cm³/mol. The first-order valence-electron chi connectivity index (χ1n) is 8.77. The Bertz CT molecular complexity index is 673. The summed E-state index contributed by atoms with van der Waals surface area (Å²) in [4.78, 5) is 12.0. The van der Waals surface area contributed by atoms with Gasteiger partial charge in [0, 0.05) is 17.5 Å². The molecule has 2 aromatic carbocycles. The Balaban J connectivity index is 1.61. The number of carbonyl (C=O) groups excluding carboxylic acids is 1. The van der Waals surface area contributed by atoms with E-state index in [2.05, 4.69) is 24.4 Å². The van der Waals surface area contributed by atoms with E-state index in [-0.39, 0.29) is 11.9 Å². The van der Waals surface area contributed by atoms with Gasteiger partial charge in [0.25, 0.3) is 0 Å². The monoisotopic (exact) mass is 359 g/mol. The zero-order valence-electron chi connectivity index (χ0n) is 14.9. The van der Waals surface area contributed by atoms with Crippen molar-refractivity contribution in [1.82, 2.24) is 5.32 Å². The lowest BCUT2D eigenvalue weighted by molar-refractivity contribution is -0.121. The third-order valence-electron chi connectivity index (χ3n) is 4.06. The fraction of sp³-hybridized carbons (Fsp3) is 0.381. The second kappa shape index (κ2) is 10.1. The fourth-order valence-electron chi connectivity index (χ4n) is 2.64. The van der Waals surface area contributed by atoms with Crippen molar-refractivity contribution in [3.8, 4) is 5.75 Å². The Morgan fingerprint density at radius 3 is 2.68 bits per heavy atom. The molecule has 0 aliphatic carbocycles. The van der Waals surface area contributed by atoms with Gasteiger partial charge in [-0.3, -0.25) is 4.79 Å². The van der Waals surface area contributed by atoms with E-state index in [1.807, 2.05) is 43.3 Å². The van der Waals surface area contributed by atoms with Gasteiger partial charge in [-0.05, 0) is 62.4 Å². The summed E-state index contributed by atoms with van der Waals surface area (Å²) in [5.74, 6) is 0.901. The molecule has 2 rings (SSSR count). The van der Waals surface area contributed by atoms with Crippen LogP contribution in [0.15, 0.2) is 48.5 Å². The van der Waals surface area contributed by atoms with Gasteiger partial charge >= 0.3 is 0 Å². The third kappa shape index (κ3) is 7.18. The number of halogens is 1. The molecule has 134 valence electrons. The van der Waals surface area contributed by atoms with Crippen molar-refractivity contribution in [3.63, 3.8) is 0 Å². The molecule has 0 heterocycles. The molecular weight excluding hydrogens is 334 g/mol. The molecule has 0 unspecified atom stereocenters. The Morgan fingerprint density at radius 2 is 1.96 bits per heavy atom. The molecule has 1 atom stereocenters. The average Bonchev–Trinajstić information content (AvgIpc) is 2.59. The molecule has 25 heavy (non-hydrogen) atoms. The molecule has 0 radical (unpaired) electrons. The number of ether oxygens (including phenoxy) is 1. The van der Waals surface area contributed by atoms with E-state index < -0.39 is 0 Å². The van der Waals surface area contributed by atoms with Gasteiger partial charge in [0.1, 0.15) is 5.75 Å². The highest BCUT2D eigenvalue weighted by Gasteiger charge is 2.08. The Kier molecular flexibility index (Phi) is 7.80. The van der Waals surface area contributed by atoms with E-state index in [0.717, 1.165) is 24.2 Å². The SMILES string of the molecule is Cc1cc(Cl)ccc1OCCCC(=O)N[C@H](C)CCc1ccccc1. The van der Waals surface area contributed by atoms with E-state index in [9.17, 15) is 4.79 Å². The molecule has 2 aromatic rings. The molecular formula is C21H26ClNO2. The quantitative estimate of drug-likeness (QED) is 0.643. The Morgan fingerprint density at radius 1 is 1.20 bits per heavy atom. The number of carbonyl (C=O) groups is 1. The minimum atomic E-state index is 0.0805. The van der Waals surface area contributed by atoms with Crippen molar-refractivity contribution in [3.05, 3.63) is 64.7 Å². The third-order valence-corrected chi connectivity index (χ3v) is 4.29. The van der Waals surface area contributed by atoms with Crippen LogP contribution in [0, 0.1) is 6.92 Å². The highest BCUT2D eigenvalue weighted by atomic mass is 35.5. The number of nitrogens with one attached hydrogen (secondary N) is 1. The van der Waals surface area contributed by atoms with Crippen LogP contribution in [0.4, 0.5) is 0 Å². The van der Waals surface area contributed by atoms with Crippen LogP contribution in [0.5, 0.6) is 5.75 Å². The van der Waals surface area contributed by atoms with Crippen molar-refractivity contribution in [2.45, 2.75) is 45.6 Å². The predicted octanol–water partition coefficient (Wildman–Crippen LogP) is 4.94. The Labute approximate surface area is 155 Å². The van der Waals surface area contributed by atoms with Gasteiger partial charge in [-0.1, -0.05) is 41.9 Å². The first kappa shape index (κ1) is 19.3. The summed E-state index contributed by atoms with van der Waals surface area (Å²) in [6.07, 6.45) is 3.08. The van der Waals surface area contributed by atoms with Crippen LogP contribution in [0.2, 0.25) is 5.02 Å². The lowest BCUT2D eigenvalue weighted by Gasteiger charge is -2.14. The highest BCUT2D eigenvalue weighted by molar-refractivity contribution is 6.30. The van der Waals surface area contributed by atoms with Crippen molar-refractivity contribution >= 4 is 17.5 Å². The number of hydrogen-bond donors (Lipinski definition) is 1. The fourth-order valence-corrected chi connectivity index (χ4v) is 2.86. The van der Waals surface area contributed by atoms with E-state index >= 15 is 0 Å². The number of aryl methyl sites for hydroxylation is 2. The maximum absolute atomic E-state index is 12.0. The van der Waals surface area contributed by atoms with E-state index in [4.69, 9.17) is 16.3 Å². The zero-order valence-corrected chi connectivity index (χ0v) is 15.7. The van der Waals surface area contributed by atoms with Gasteiger partial charge in [0.05, 0.1) is 6.61 Å². The second-order valence-electron chi connectivity index (χ2n) is 6.35. The van der Waals surface area contributed by atoms with Crippen molar-refractivity contribution in [2.24, 2.45) is 0 Å². The molecule has 0 aromatic heterocycles. The molecule has 0 saturated carbocycles. The Hall–Kier alpha value is -2.00. The minimum absolute atomic E-state index is 0.0805. The van der Waals surface area contributed by atoms with Crippen LogP contribution in [0.1, 0.15) is 37.3 Å². The summed E-state index contributed by atoms with van der Waals surface area (Å²) in [7, 11) is 0. The van der Waals surface area contributed by atoms with Gasteiger partial charge < -0.3 is 10.1 Å². The van der Waals surface area contributed by atoms with E-state index in [1.54, 1.807) is 0 Å². The molecule has 1 N–H and O–H groups in total. The maximum atomic E-state index is 12.0. The van der Waals surface area contributed by atoms with Crippen molar-refractivity contribution < 1.29 is 9.53 Å². The number of rotatable bonds is 9. The summed E-state index contributed by atoms with van der Waals surface area (Å²) < 4.78 is 5.71. The van der Waals surface area contributed by atoms with Gasteiger partial charge in [-0.2, -0.15) is 0 Å². The summed E-state index contributed by atoms with van der Waals surface area (Å²) in [5, 5.41) is 3.76. The van der Waals surface area contributed by atoms with Crippen LogP contribution >= 0.6 is 11.6 Å². The van der Waals surface area contributed by atoms with Gasteiger partial charge in [-0.25, -0.2) is 0 Å². The maximum Gasteiger partial charge on any atom is 0.220 e. The first-order chi connectivity index (χ1) is 12.0. The highest BCUT2D eigenvalue weighted by Crippen LogP contribution is 2.21.